The molecule has 0 saturated heterocycles. The topological polar surface area (TPSA) is 96.4 Å². The molecule has 110 valence electrons. The highest BCUT2D eigenvalue weighted by Crippen LogP contribution is 2.48. The van der Waals surface area contributed by atoms with Gasteiger partial charge in [-0.3, -0.25) is 14.4 Å². The van der Waals surface area contributed by atoms with E-state index < -0.39 is 17.8 Å². The van der Waals surface area contributed by atoms with Gasteiger partial charge in [-0.15, -0.1) is 11.3 Å². The van der Waals surface area contributed by atoms with E-state index in [0.29, 0.717) is 17.2 Å². The average Bonchev–Trinajstić information content (AvgIpc) is 3.12. The number of fused-ring (bicyclic) bond motifs is 2. The zero-order valence-corrected chi connectivity index (χ0v) is 12.1. The van der Waals surface area contributed by atoms with Crippen molar-refractivity contribution < 1.29 is 19.5 Å². The summed E-state index contributed by atoms with van der Waals surface area (Å²) in [5.74, 6) is -2.76. The minimum Gasteiger partial charge on any atom is -0.481 e. The second kappa shape index (κ2) is 5.07. The van der Waals surface area contributed by atoms with Crippen LogP contribution in [0.3, 0.4) is 0 Å². The predicted molar refractivity (Wildman–Crippen MR) is 76.1 cm³/mol. The maximum atomic E-state index is 12.4. The number of carboxylic acids is 1. The lowest BCUT2D eigenvalue weighted by molar-refractivity contribution is -0.146. The van der Waals surface area contributed by atoms with Crippen molar-refractivity contribution in [3.63, 3.8) is 0 Å². The summed E-state index contributed by atoms with van der Waals surface area (Å²) in [5.41, 5.74) is 0.304. The molecule has 0 radical (unpaired) electrons. The van der Waals surface area contributed by atoms with Gasteiger partial charge in [0.2, 0.25) is 5.91 Å². The van der Waals surface area contributed by atoms with Crippen molar-refractivity contribution in [3.05, 3.63) is 23.2 Å². The molecule has 2 bridgehead atoms. The van der Waals surface area contributed by atoms with Gasteiger partial charge in [0.25, 0.3) is 0 Å². The molecule has 4 atom stereocenters. The summed E-state index contributed by atoms with van der Waals surface area (Å²) >= 11 is 1.17. The second-order valence-corrected chi connectivity index (χ2v) is 6.28. The lowest BCUT2D eigenvalue weighted by atomic mass is 9.82. The minimum atomic E-state index is -0.935. The van der Waals surface area contributed by atoms with Crippen molar-refractivity contribution in [1.29, 1.82) is 0 Å². The molecular weight excluding hydrogens is 292 g/mol. The van der Waals surface area contributed by atoms with Gasteiger partial charge in [-0.05, 0) is 18.3 Å². The Balaban J connectivity index is 1.77. The largest absolute Gasteiger partial charge is 0.481 e. The maximum absolute atomic E-state index is 12.4. The summed E-state index contributed by atoms with van der Waals surface area (Å²) in [6.07, 6.45) is 4.54. The van der Waals surface area contributed by atoms with Crippen LogP contribution in [-0.4, -0.2) is 27.8 Å². The van der Waals surface area contributed by atoms with E-state index in [9.17, 15) is 19.5 Å². The molecule has 0 spiro atoms. The van der Waals surface area contributed by atoms with E-state index in [1.54, 1.807) is 5.38 Å². The Bertz CT molecular complexity index is 651. The van der Waals surface area contributed by atoms with Crippen LogP contribution in [0.4, 0.5) is 5.13 Å². The number of carbonyl (C=O) groups is 3. The maximum Gasteiger partial charge on any atom is 0.307 e. The Morgan fingerprint density at radius 3 is 2.52 bits per heavy atom. The molecule has 1 fully saturated rings. The number of ketones is 1. The van der Waals surface area contributed by atoms with Crippen LogP contribution in [0.25, 0.3) is 0 Å². The summed E-state index contributed by atoms with van der Waals surface area (Å²) in [7, 11) is 0. The summed E-state index contributed by atoms with van der Waals surface area (Å²) < 4.78 is 0. The van der Waals surface area contributed by atoms with Crippen LogP contribution in [0.1, 0.15) is 23.8 Å². The number of hydrogen-bond donors (Lipinski definition) is 2. The molecule has 6 nitrogen and oxygen atoms in total. The van der Waals surface area contributed by atoms with E-state index in [0.717, 1.165) is 0 Å². The van der Waals surface area contributed by atoms with Crippen LogP contribution in [-0.2, 0) is 9.59 Å². The first-order valence-electron chi connectivity index (χ1n) is 6.66. The van der Waals surface area contributed by atoms with Gasteiger partial charge >= 0.3 is 5.97 Å². The fraction of sp³-hybridized carbons (Fsp3) is 0.429. The third-order valence-electron chi connectivity index (χ3n) is 4.14. The Morgan fingerprint density at radius 2 is 1.95 bits per heavy atom. The van der Waals surface area contributed by atoms with Crippen LogP contribution in [0, 0.1) is 23.7 Å². The van der Waals surface area contributed by atoms with Crippen molar-refractivity contribution in [2.45, 2.75) is 13.3 Å². The number of anilines is 1. The lowest BCUT2D eigenvalue weighted by Crippen LogP contribution is -2.36. The number of rotatable bonds is 4. The first-order valence-corrected chi connectivity index (χ1v) is 7.54. The minimum absolute atomic E-state index is 0.0247. The van der Waals surface area contributed by atoms with E-state index in [4.69, 9.17) is 0 Å². The Labute approximate surface area is 124 Å². The molecule has 2 aliphatic rings. The van der Waals surface area contributed by atoms with Crippen molar-refractivity contribution in [1.82, 2.24) is 4.98 Å². The van der Waals surface area contributed by atoms with Crippen molar-refractivity contribution in [2.24, 2.45) is 23.7 Å². The lowest BCUT2D eigenvalue weighted by Gasteiger charge is -2.23. The number of aromatic nitrogens is 1. The zero-order valence-electron chi connectivity index (χ0n) is 11.3. The third kappa shape index (κ3) is 2.37. The quantitative estimate of drug-likeness (QED) is 0.653. The Morgan fingerprint density at radius 1 is 1.29 bits per heavy atom. The normalized spacial score (nSPS) is 29.6. The summed E-state index contributed by atoms with van der Waals surface area (Å²) in [5, 5.41) is 13.9. The number of aliphatic carboxylic acids is 1. The Kier molecular flexibility index (Phi) is 3.36. The smallest absolute Gasteiger partial charge is 0.307 e. The van der Waals surface area contributed by atoms with Crippen LogP contribution in [0.15, 0.2) is 17.5 Å². The fourth-order valence-electron chi connectivity index (χ4n) is 3.20. The number of carboxylic acid groups (broad SMARTS) is 1. The molecule has 2 aliphatic carbocycles. The molecule has 3 rings (SSSR count). The van der Waals surface area contributed by atoms with Crippen LogP contribution in [0.2, 0.25) is 0 Å². The fourth-order valence-corrected chi connectivity index (χ4v) is 3.95. The molecular formula is C14H14N2O4S. The summed E-state index contributed by atoms with van der Waals surface area (Å²) in [6.45, 7) is 1.40. The van der Waals surface area contributed by atoms with Gasteiger partial charge in [-0.25, -0.2) is 4.98 Å². The van der Waals surface area contributed by atoms with Crippen LogP contribution < -0.4 is 5.32 Å². The van der Waals surface area contributed by atoms with Crippen LogP contribution >= 0.6 is 11.3 Å². The van der Waals surface area contributed by atoms with E-state index in [-0.39, 0.29) is 23.5 Å². The van der Waals surface area contributed by atoms with Gasteiger partial charge in [0.05, 0.1) is 11.8 Å². The zero-order chi connectivity index (χ0) is 15.1. The molecule has 1 saturated carbocycles. The van der Waals surface area contributed by atoms with Crippen molar-refractivity contribution in [2.75, 3.05) is 5.32 Å². The van der Waals surface area contributed by atoms with Crippen molar-refractivity contribution in [3.8, 4) is 0 Å². The molecule has 7 heteroatoms. The van der Waals surface area contributed by atoms with Crippen LogP contribution in [0.5, 0.6) is 0 Å². The number of amides is 1. The van der Waals surface area contributed by atoms with E-state index in [1.807, 2.05) is 12.2 Å². The summed E-state index contributed by atoms with van der Waals surface area (Å²) in [6, 6.07) is 0. The Hall–Kier alpha value is -2.02. The highest BCUT2D eigenvalue weighted by Gasteiger charge is 2.51. The number of hydrogen-bond acceptors (Lipinski definition) is 5. The van der Waals surface area contributed by atoms with Gasteiger partial charge < -0.3 is 10.4 Å². The van der Waals surface area contributed by atoms with Crippen molar-refractivity contribution >= 4 is 34.1 Å². The standard InChI is InChI=1S/C14H14N2O4S/c1-6(17)9-5-21-14(15-9)16-12(18)10-7-2-3-8(4-7)11(10)13(19)20/h2-3,5,7-8,10-11H,4H2,1H3,(H,19,20)(H,15,16,18). The predicted octanol–water partition coefficient (Wildman–Crippen LogP) is 1.81. The molecule has 1 amide bonds. The highest BCUT2D eigenvalue weighted by atomic mass is 32.1. The number of Topliss-reactive ketones (excluding diaryl/α,β-unsaturated/α-hetero) is 1. The number of nitrogens with zero attached hydrogens (tertiary/aromatic N) is 1. The second-order valence-electron chi connectivity index (χ2n) is 5.42. The molecule has 1 heterocycles. The number of thiazole rings is 1. The first kappa shape index (κ1) is 13.9. The monoisotopic (exact) mass is 306 g/mol. The van der Waals surface area contributed by atoms with Gasteiger partial charge in [0, 0.05) is 12.3 Å². The number of nitrogens with one attached hydrogen (secondary N) is 1. The molecule has 21 heavy (non-hydrogen) atoms. The molecule has 0 aromatic carbocycles. The molecule has 4 unspecified atom stereocenters. The van der Waals surface area contributed by atoms with Gasteiger partial charge in [0.15, 0.2) is 10.9 Å². The number of carbonyl (C=O) groups excluding carboxylic acids is 2. The molecule has 2 N–H and O–H groups in total. The van der Waals surface area contributed by atoms with Gasteiger partial charge in [0.1, 0.15) is 5.69 Å². The molecule has 1 aromatic heterocycles. The van der Waals surface area contributed by atoms with E-state index >= 15 is 0 Å². The number of allylic oxidation sites excluding steroid dienone is 2. The van der Waals surface area contributed by atoms with Gasteiger partial charge in [-0.1, -0.05) is 12.2 Å². The van der Waals surface area contributed by atoms with E-state index in [1.165, 1.54) is 18.3 Å². The molecule has 1 aromatic rings. The third-order valence-corrected chi connectivity index (χ3v) is 4.90. The van der Waals surface area contributed by atoms with Gasteiger partial charge in [-0.2, -0.15) is 0 Å². The van der Waals surface area contributed by atoms with E-state index in [2.05, 4.69) is 10.3 Å². The highest BCUT2D eigenvalue weighted by molar-refractivity contribution is 7.14. The SMILES string of the molecule is CC(=O)c1csc(NC(=O)C2C3C=CC(C3)C2C(=O)O)n1. The first-order chi connectivity index (χ1) is 9.97. The molecule has 0 aliphatic heterocycles. The average molecular weight is 306 g/mol. The summed E-state index contributed by atoms with van der Waals surface area (Å²) in [4.78, 5) is 39.0.